The number of para-hydroxylation sites is 2. The van der Waals surface area contributed by atoms with Crippen LogP contribution < -0.4 is 10.6 Å². The molecule has 0 unspecified atom stereocenters. The number of nitrogens with one attached hydrogen (secondary N) is 2. The van der Waals surface area contributed by atoms with Gasteiger partial charge < -0.3 is 15.2 Å². The predicted octanol–water partition coefficient (Wildman–Crippen LogP) is 3.56. The number of aromatic nitrogens is 2. The van der Waals surface area contributed by atoms with Crippen LogP contribution in [0.25, 0.3) is 11.0 Å². The van der Waals surface area contributed by atoms with Crippen molar-refractivity contribution in [2.75, 3.05) is 5.32 Å². The molecule has 130 valence electrons. The molecule has 0 saturated carbocycles. The third-order valence-corrected chi connectivity index (χ3v) is 4.27. The number of hydrogen-bond donors (Lipinski definition) is 2. The molecule has 0 aliphatic heterocycles. The molecule has 2 N–H and O–H groups in total. The summed E-state index contributed by atoms with van der Waals surface area (Å²) in [5, 5.41) is 6.38. The van der Waals surface area contributed by atoms with Crippen LogP contribution in [0, 0.1) is 0 Å². The maximum atomic E-state index is 12.4. The van der Waals surface area contributed by atoms with Crippen LogP contribution in [0.15, 0.2) is 54.6 Å². The molecular weight excluding hydrogens is 312 g/mol. The quantitative estimate of drug-likeness (QED) is 0.693. The van der Waals surface area contributed by atoms with Crippen LogP contribution >= 0.6 is 0 Å². The maximum Gasteiger partial charge on any atom is 0.240 e. The first kappa shape index (κ1) is 17.0. The minimum Gasteiger partial charge on any atom is -0.352 e. The van der Waals surface area contributed by atoms with Gasteiger partial charge in [0.15, 0.2) is 0 Å². The van der Waals surface area contributed by atoms with E-state index >= 15 is 0 Å². The third kappa shape index (κ3) is 4.18. The van der Waals surface area contributed by atoms with Crippen LogP contribution in [0.5, 0.6) is 0 Å². The Kier molecular flexibility index (Phi) is 5.33. The summed E-state index contributed by atoms with van der Waals surface area (Å²) in [4.78, 5) is 17.0. The van der Waals surface area contributed by atoms with E-state index in [2.05, 4.69) is 34.7 Å². The number of carbonyl (C=O) groups is 1. The highest BCUT2D eigenvalue weighted by Gasteiger charge is 2.14. The van der Waals surface area contributed by atoms with Crippen molar-refractivity contribution < 1.29 is 4.79 Å². The lowest BCUT2D eigenvalue weighted by Crippen LogP contribution is -2.34. The molecule has 0 spiro atoms. The molecule has 1 amide bonds. The summed E-state index contributed by atoms with van der Waals surface area (Å²) in [5.74, 6) is 0.713. The number of amides is 1. The molecule has 3 aromatic rings. The first-order chi connectivity index (χ1) is 12.2. The molecule has 1 heterocycles. The second kappa shape index (κ2) is 7.83. The van der Waals surface area contributed by atoms with E-state index in [1.165, 1.54) is 5.56 Å². The molecule has 1 atom stereocenters. The fraction of sp³-hybridized carbons (Fsp3) is 0.300. The SMILES string of the molecule is CC[C@@H](C)NC(=O)Cn1c(NCc2ccccc2)nc2ccccc21. The van der Waals surface area contributed by atoms with Crippen LogP contribution in [0.2, 0.25) is 0 Å². The standard InChI is InChI=1S/C20H24N4O/c1-3-15(2)22-19(25)14-24-18-12-8-7-11-17(18)23-20(24)21-13-16-9-5-4-6-10-16/h4-12,15H,3,13-14H2,1-2H3,(H,21,23)(H,22,25)/t15-/m1/s1. The largest absolute Gasteiger partial charge is 0.352 e. The average Bonchev–Trinajstić information content (AvgIpc) is 2.98. The number of anilines is 1. The number of imidazole rings is 1. The van der Waals surface area contributed by atoms with Gasteiger partial charge in [0.2, 0.25) is 11.9 Å². The van der Waals surface area contributed by atoms with E-state index in [0.29, 0.717) is 12.5 Å². The summed E-state index contributed by atoms with van der Waals surface area (Å²) in [7, 11) is 0. The van der Waals surface area contributed by atoms with Crippen molar-refractivity contribution in [3.05, 3.63) is 60.2 Å². The van der Waals surface area contributed by atoms with Crippen LogP contribution in [0.3, 0.4) is 0 Å². The van der Waals surface area contributed by atoms with Gasteiger partial charge in [-0.2, -0.15) is 0 Å². The highest BCUT2D eigenvalue weighted by atomic mass is 16.2. The molecule has 0 bridgehead atoms. The van der Waals surface area contributed by atoms with Gasteiger partial charge in [-0.3, -0.25) is 4.79 Å². The zero-order chi connectivity index (χ0) is 17.6. The van der Waals surface area contributed by atoms with E-state index in [-0.39, 0.29) is 18.5 Å². The van der Waals surface area contributed by atoms with E-state index in [1.54, 1.807) is 0 Å². The van der Waals surface area contributed by atoms with Crippen molar-refractivity contribution in [2.45, 2.75) is 39.4 Å². The molecule has 2 aromatic carbocycles. The smallest absolute Gasteiger partial charge is 0.240 e. The van der Waals surface area contributed by atoms with Gasteiger partial charge in [0, 0.05) is 12.6 Å². The third-order valence-electron chi connectivity index (χ3n) is 4.27. The van der Waals surface area contributed by atoms with Crippen molar-refractivity contribution >= 4 is 22.9 Å². The Morgan fingerprint density at radius 1 is 1.12 bits per heavy atom. The van der Waals surface area contributed by atoms with Crippen LogP contribution in [0.1, 0.15) is 25.8 Å². The summed E-state index contributed by atoms with van der Waals surface area (Å²) in [5.41, 5.74) is 3.01. The van der Waals surface area contributed by atoms with Crippen molar-refractivity contribution in [1.82, 2.24) is 14.9 Å². The predicted molar refractivity (Wildman–Crippen MR) is 101 cm³/mol. The number of rotatable bonds is 7. The lowest BCUT2D eigenvalue weighted by Gasteiger charge is -2.14. The molecule has 3 rings (SSSR count). The number of nitrogens with zero attached hydrogens (tertiary/aromatic N) is 2. The average molecular weight is 336 g/mol. The zero-order valence-corrected chi connectivity index (χ0v) is 14.7. The molecule has 0 radical (unpaired) electrons. The molecule has 5 heteroatoms. The highest BCUT2D eigenvalue weighted by Crippen LogP contribution is 2.20. The maximum absolute atomic E-state index is 12.4. The van der Waals surface area contributed by atoms with Gasteiger partial charge in [-0.25, -0.2) is 4.98 Å². The van der Waals surface area contributed by atoms with E-state index in [9.17, 15) is 4.79 Å². The fourth-order valence-corrected chi connectivity index (χ4v) is 2.71. The topological polar surface area (TPSA) is 59.0 Å². The van der Waals surface area contributed by atoms with Gasteiger partial charge in [0.1, 0.15) is 6.54 Å². The van der Waals surface area contributed by atoms with Gasteiger partial charge in [-0.15, -0.1) is 0 Å². The number of hydrogen-bond acceptors (Lipinski definition) is 3. The van der Waals surface area contributed by atoms with Crippen LogP contribution in [0.4, 0.5) is 5.95 Å². The Bertz CT molecular complexity index is 841. The minimum absolute atomic E-state index is 0.000245. The molecule has 0 aliphatic carbocycles. The molecular formula is C20H24N4O. The second-order valence-electron chi connectivity index (χ2n) is 6.23. The van der Waals surface area contributed by atoms with Crippen LogP contribution in [-0.4, -0.2) is 21.5 Å². The molecule has 0 saturated heterocycles. The Hall–Kier alpha value is -2.82. The minimum atomic E-state index is 0.000245. The van der Waals surface area contributed by atoms with Crippen molar-refractivity contribution in [2.24, 2.45) is 0 Å². The first-order valence-corrected chi connectivity index (χ1v) is 8.69. The summed E-state index contributed by atoms with van der Waals surface area (Å²) in [6, 6.07) is 18.2. The van der Waals surface area contributed by atoms with E-state index < -0.39 is 0 Å². The van der Waals surface area contributed by atoms with Gasteiger partial charge in [0.25, 0.3) is 0 Å². The van der Waals surface area contributed by atoms with Crippen LogP contribution in [-0.2, 0) is 17.9 Å². The fourth-order valence-electron chi connectivity index (χ4n) is 2.71. The highest BCUT2D eigenvalue weighted by molar-refractivity contribution is 5.83. The van der Waals surface area contributed by atoms with Gasteiger partial charge >= 0.3 is 0 Å². The molecule has 5 nitrogen and oxygen atoms in total. The van der Waals surface area contributed by atoms with Crippen molar-refractivity contribution in [3.63, 3.8) is 0 Å². The molecule has 0 fully saturated rings. The normalized spacial score (nSPS) is 12.1. The number of benzene rings is 2. The molecule has 25 heavy (non-hydrogen) atoms. The van der Waals surface area contributed by atoms with Crippen molar-refractivity contribution in [1.29, 1.82) is 0 Å². The van der Waals surface area contributed by atoms with Gasteiger partial charge in [-0.1, -0.05) is 49.4 Å². The summed E-state index contributed by atoms with van der Waals surface area (Å²) in [6.07, 6.45) is 0.912. The number of fused-ring (bicyclic) bond motifs is 1. The Morgan fingerprint density at radius 3 is 2.60 bits per heavy atom. The van der Waals surface area contributed by atoms with Crippen molar-refractivity contribution in [3.8, 4) is 0 Å². The Morgan fingerprint density at radius 2 is 1.84 bits per heavy atom. The van der Waals surface area contributed by atoms with Gasteiger partial charge in [0.05, 0.1) is 11.0 Å². The molecule has 1 aromatic heterocycles. The lowest BCUT2D eigenvalue weighted by molar-refractivity contribution is -0.122. The Labute approximate surface area is 148 Å². The van der Waals surface area contributed by atoms with Gasteiger partial charge in [-0.05, 0) is 31.0 Å². The lowest BCUT2D eigenvalue weighted by atomic mass is 10.2. The summed E-state index contributed by atoms with van der Waals surface area (Å²) >= 11 is 0. The van der Waals surface area contributed by atoms with E-state index in [4.69, 9.17) is 0 Å². The Balaban J connectivity index is 1.83. The second-order valence-corrected chi connectivity index (χ2v) is 6.23. The first-order valence-electron chi connectivity index (χ1n) is 8.69. The van der Waals surface area contributed by atoms with E-state index in [1.807, 2.05) is 54.0 Å². The molecule has 0 aliphatic rings. The van der Waals surface area contributed by atoms with E-state index in [0.717, 1.165) is 17.5 Å². The monoisotopic (exact) mass is 336 g/mol. The number of carbonyl (C=O) groups excluding carboxylic acids is 1. The summed E-state index contributed by atoms with van der Waals surface area (Å²) < 4.78 is 1.94. The summed E-state index contributed by atoms with van der Waals surface area (Å²) in [6.45, 7) is 4.99. The zero-order valence-electron chi connectivity index (χ0n) is 14.7.